The minimum absolute atomic E-state index is 0.741. The zero-order chi connectivity index (χ0) is 13.4. The maximum Gasteiger partial charge on any atom is 0.0587 e. The Morgan fingerprint density at radius 1 is 1.22 bits per heavy atom. The predicted octanol–water partition coefficient (Wildman–Crippen LogP) is 0.885. The van der Waals surface area contributed by atoms with E-state index in [1.54, 1.807) is 7.11 Å². The van der Waals surface area contributed by atoms with E-state index in [0.29, 0.717) is 0 Å². The fourth-order valence-corrected chi connectivity index (χ4v) is 2.79. The van der Waals surface area contributed by atoms with Gasteiger partial charge in [-0.05, 0) is 45.9 Å². The minimum Gasteiger partial charge on any atom is -0.383 e. The predicted molar refractivity (Wildman–Crippen MR) is 77.1 cm³/mol. The zero-order valence-electron chi connectivity index (χ0n) is 12.6. The summed E-state index contributed by atoms with van der Waals surface area (Å²) in [6.45, 7) is 9.03. The van der Waals surface area contributed by atoms with Crippen LogP contribution >= 0.6 is 0 Å². The number of nitrogens with zero attached hydrogens (tertiary/aromatic N) is 2. The molecular weight excluding hydrogens is 226 g/mol. The molecule has 0 aromatic rings. The minimum atomic E-state index is 0.741. The molecule has 1 fully saturated rings. The lowest BCUT2D eigenvalue weighted by Crippen LogP contribution is -2.34. The van der Waals surface area contributed by atoms with Crippen molar-refractivity contribution in [1.29, 1.82) is 0 Å². The second-order valence-electron chi connectivity index (χ2n) is 5.72. The van der Waals surface area contributed by atoms with Crippen molar-refractivity contribution in [3.63, 3.8) is 0 Å². The van der Waals surface area contributed by atoms with E-state index in [9.17, 15) is 0 Å². The van der Waals surface area contributed by atoms with E-state index in [1.807, 2.05) is 0 Å². The molecule has 4 heteroatoms. The van der Waals surface area contributed by atoms with E-state index < -0.39 is 0 Å². The number of nitrogens with one attached hydrogen (secondary N) is 1. The largest absolute Gasteiger partial charge is 0.383 e. The van der Waals surface area contributed by atoms with Gasteiger partial charge in [0.1, 0.15) is 0 Å². The van der Waals surface area contributed by atoms with Crippen molar-refractivity contribution in [2.24, 2.45) is 5.92 Å². The lowest BCUT2D eigenvalue weighted by atomic mass is 10.1. The van der Waals surface area contributed by atoms with Gasteiger partial charge in [0.25, 0.3) is 0 Å². The van der Waals surface area contributed by atoms with Crippen LogP contribution in [0.1, 0.15) is 19.8 Å². The van der Waals surface area contributed by atoms with Crippen LogP contribution in [0.5, 0.6) is 0 Å². The smallest absolute Gasteiger partial charge is 0.0587 e. The highest BCUT2D eigenvalue weighted by molar-refractivity contribution is 4.86. The number of likely N-dealkylation sites (N-methyl/N-ethyl adjacent to an activating group) is 1. The molecule has 0 spiro atoms. The van der Waals surface area contributed by atoms with Gasteiger partial charge in [0.2, 0.25) is 0 Å². The highest BCUT2D eigenvalue weighted by Gasteiger charge is 2.30. The summed E-state index contributed by atoms with van der Waals surface area (Å²) in [7, 11) is 6.15. The number of unbranched alkanes of at least 4 members (excludes halogenated alkanes) is 1. The zero-order valence-corrected chi connectivity index (χ0v) is 12.6. The molecule has 108 valence electrons. The van der Waals surface area contributed by atoms with Gasteiger partial charge < -0.3 is 19.9 Å². The van der Waals surface area contributed by atoms with Crippen LogP contribution in [0.2, 0.25) is 0 Å². The topological polar surface area (TPSA) is 27.7 Å². The van der Waals surface area contributed by atoms with E-state index in [0.717, 1.165) is 31.7 Å². The van der Waals surface area contributed by atoms with Crippen molar-refractivity contribution >= 4 is 0 Å². The van der Waals surface area contributed by atoms with Crippen LogP contribution in [-0.2, 0) is 4.74 Å². The molecule has 1 saturated heterocycles. The first kappa shape index (κ1) is 15.9. The van der Waals surface area contributed by atoms with Gasteiger partial charge in [-0.2, -0.15) is 0 Å². The Bertz CT molecular complexity index is 211. The van der Waals surface area contributed by atoms with Crippen molar-refractivity contribution in [3.8, 4) is 0 Å². The number of hydrogen-bond donors (Lipinski definition) is 1. The van der Waals surface area contributed by atoms with Crippen molar-refractivity contribution < 1.29 is 4.74 Å². The van der Waals surface area contributed by atoms with Crippen LogP contribution in [-0.4, -0.2) is 76.4 Å². The molecule has 0 aromatic heterocycles. The number of rotatable bonds is 9. The second kappa shape index (κ2) is 8.86. The highest BCUT2D eigenvalue weighted by Crippen LogP contribution is 2.19. The summed E-state index contributed by atoms with van der Waals surface area (Å²) in [4.78, 5) is 4.99. The van der Waals surface area contributed by atoms with Crippen molar-refractivity contribution in [3.05, 3.63) is 0 Å². The summed E-state index contributed by atoms with van der Waals surface area (Å²) in [5, 5.41) is 3.40. The Morgan fingerprint density at radius 3 is 2.61 bits per heavy atom. The maximum absolute atomic E-state index is 5.00. The van der Waals surface area contributed by atoms with Crippen LogP contribution in [0.25, 0.3) is 0 Å². The molecule has 1 rings (SSSR count). The van der Waals surface area contributed by atoms with Gasteiger partial charge in [0.05, 0.1) is 6.61 Å². The monoisotopic (exact) mass is 257 g/mol. The first-order chi connectivity index (χ1) is 8.65. The molecule has 0 aromatic carbocycles. The molecule has 1 aliphatic rings. The quantitative estimate of drug-likeness (QED) is 0.621. The van der Waals surface area contributed by atoms with Crippen LogP contribution in [0.4, 0.5) is 0 Å². The standard InChI is InChI=1S/C14H31N3O/c1-13-11-17(12-14(13)16(2)3)9-6-5-7-15-8-10-18-4/h13-15H,5-12H2,1-4H3. The third-order valence-electron chi connectivity index (χ3n) is 3.87. The van der Waals surface area contributed by atoms with Crippen LogP contribution in [0.3, 0.4) is 0 Å². The Hall–Kier alpha value is -0.160. The summed E-state index contributed by atoms with van der Waals surface area (Å²) in [5.74, 6) is 0.805. The third kappa shape index (κ3) is 5.65. The van der Waals surface area contributed by atoms with E-state index in [2.05, 4.69) is 36.1 Å². The molecule has 0 radical (unpaired) electrons. The highest BCUT2D eigenvalue weighted by atomic mass is 16.5. The summed E-state index contributed by atoms with van der Waals surface area (Å²) < 4.78 is 5.00. The molecule has 0 bridgehead atoms. The normalized spacial score (nSPS) is 25.2. The van der Waals surface area contributed by atoms with Gasteiger partial charge in [-0.25, -0.2) is 0 Å². The Labute approximate surface area is 113 Å². The lowest BCUT2D eigenvalue weighted by Gasteiger charge is -2.22. The average molecular weight is 257 g/mol. The van der Waals surface area contributed by atoms with Crippen LogP contribution < -0.4 is 5.32 Å². The number of ether oxygens (including phenoxy) is 1. The third-order valence-corrected chi connectivity index (χ3v) is 3.87. The molecule has 0 amide bonds. The fraction of sp³-hybridized carbons (Fsp3) is 1.00. The molecule has 0 saturated carbocycles. The van der Waals surface area contributed by atoms with Gasteiger partial charge >= 0.3 is 0 Å². The fourth-order valence-electron chi connectivity index (χ4n) is 2.79. The molecule has 2 atom stereocenters. The maximum atomic E-state index is 5.00. The second-order valence-corrected chi connectivity index (χ2v) is 5.72. The van der Waals surface area contributed by atoms with Crippen molar-refractivity contribution in [2.75, 3.05) is 60.5 Å². The SMILES string of the molecule is COCCNCCCCN1CC(C)C(N(C)C)C1. The Balaban J connectivity index is 2.00. The first-order valence-electron chi connectivity index (χ1n) is 7.23. The van der Waals surface area contributed by atoms with E-state index in [1.165, 1.54) is 32.5 Å². The molecule has 1 heterocycles. The van der Waals surface area contributed by atoms with Gasteiger partial charge in [0.15, 0.2) is 0 Å². The molecule has 1 N–H and O–H groups in total. The Morgan fingerprint density at radius 2 is 2.00 bits per heavy atom. The van der Waals surface area contributed by atoms with Gasteiger partial charge in [-0.1, -0.05) is 6.92 Å². The Kier molecular flexibility index (Phi) is 7.82. The van der Waals surface area contributed by atoms with Gasteiger partial charge in [-0.3, -0.25) is 0 Å². The number of hydrogen-bond acceptors (Lipinski definition) is 4. The summed E-state index contributed by atoms with van der Waals surface area (Å²) >= 11 is 0. The van der Waals surface area contributed by atoms with Gasteiger partial charge in [-0.15, -0.1) is 0 Å². The molecular formula is C14H31N3O. The molecule has 0 aliphatic carbocycles. The molecule has 2 unspecified atom stereocenters. The first-order valence-corrected chi connectivity index (χ1v) is 7.23. The van der Waals surface area contributed by atoms with Crippen molar-refractivity contribution in [2.45, 2.75) is 25.8 Å². The molecule has 1 aliphatic heterocycles. The van der Waals surface area contributed by atoms with E-state index in [-0.39, 0.29) is 0 Å². The van der Waals surface area contributed by atoms with Crippen LogP contribution in [0, 0.1) is 5.92 Å². The van der Waals surface area contributed by atoms with Gasteiger partial charge in [0, 0.05) is 32.8 Å². The van der Waals surface area contributed by atoms with E-state index in [4.69, 9.17) is 4.74 Å². The molecule has 18 heavy (non-hydrogen) atoms. The number of methoxy groups -OCH3 is 1. The lowest BCUT2D eigenvalue weighted by molar-refractivity contribution is 0.199. The molecule has 4 nitrogen and oxygen atoms in total. The summed E-state index contributed by atoms with van der Waals surface area (Å²) in [6.07, 6.45) is 2.56. The summed E-state index contributed by atoms with van der Waals surface area (Å²) in [6, 6.07) is 0.741. The average Bonchev–Trinajstić information content (AvgIpc) is 2.69. The number of likely N-dealkylation sites (tertiary alicyclic amines) is 1. The van der Waals surface area contributed by atoms with Crippen molar-refractivity contribution in [1.82, 2.24) is 15.1 Å². The van der Waals surface area contributed by atoms with Crippen LogP contribution in [0.15, 0.2) is 0 Å². The van der Waals surface area contributed by atoms with E-state index >= 15 is 0 Å². The summed E-state index contributed by atoms with van der Waals surface area (Å²) in [5.41, 5.74) is 0.